The fraction of sp³-hybridized carbons (Fsp3) is 0.250. The van der Waals surface area contributed by atoms with Gasteiger partial charge in [0.25, 0.3) is 11.6 Å². The molecule has 0 unspecified atom stereocenters. The minimum atomic E-state index is -0.839. The van der Waals surface area contributed by atoms with Crippen molar-refractivity contribution in [1.29, 1.82) is 0 Å². The quantitative estimate of drug-likeness (QED) is 0.447. The van der Waals surface area contributed by atoms with Gasteiger partial charge in [-0.2, -0.15) is 0 Å². The number of nitro benzene ring substituents is 1. The zero-order valence-electron chi connectivity index (χ0n) is 13.6. The number of esters is 1. The largest absolute Gasteiger partial charge is 0.467 e. The second-order valence-corrected chi connectivity index (χ2v) is 5.12. The molecule has 0 saturated heterocycles. The summed E-state index contributed by atoms with van der Waals surface area (Å²) < 4.78 is 10.1. The van der Waals surface area contributed by atoms with Gasteiger partial charge in [-0.1, -0.05) is 0 Å². The molecule has 0 bridgehead atoms. The Morgan fingerprint density at radius 1 is 1.36 bits per heavy atom. The fourth-order valence-electron chi connectivity index (χ4n) is 2.13. The molecule has 1 aromatic heterocycles. The third-order valence-corrected chi connectivity index (χ3v) is 3.39. The van der Waals surface area contributed by atoms with Gasteiger partial charge in [-0.05, 0) is 25.1 Å². The van der Waals surface area contributed by atoms with Gasteiger partial charge in [0.2, 0.25) is 0 Å². The molecule has 132 valence electrons. The highest BCUT2D eigenvalue weighted by Crippen LogP contribution is 2.22. The van der Waals surface area contributed by atoms with E-state index in [1.807, 2.05) is 0 Å². The number of ether oxygens (including phenoxy) is 1. The molecule has 0 spiro atoms. The number of rotatable bonds is 7. The number of nitrogens with one attached hydrogen (secondary N) is 2. The number of amides is 1. The Balaban J connectivity index is 1.98. The maximum Gasteiger partial charge on any atom is 0.341 e. The molecule has 9 nitrogen and oxygen atoms in total. The summed E-state index contributed by atoms with van der Waals surface area (Å²) >= 11 is 0. The summed E-state index contributed by atoms with van der Waals surface area (Å²) in [6.07, 6.45) is 1.49. The van der Waals surface area contributed by atoms with E-state index in [-0.39, 0.29) is 17.3 Å². The van der Waals surface area contributed by atoms with Gasteiger partial charge in [0.05, 0.1) is 22.8 Å². The van der Waals surface area contributed by atoms with Gasteiger partial charge in [0.1, 0.15) is 5.76 Å². The van der Waals surface area contributed by atoms with Crippen molar-refractivity contribution in [3.05, 3.63) is 58.0 Å². The van der Waals surface area contributed by atoms with Gasteiger partial charge in [0, 0.05) is 24.9 Å². The Morgan fingerprint density at radius 2 is 2.12 bits per heavy atom. The highest BCUT2D eigenvalue weighted by Gasteiger charge is 2.19. The van der Waals surface area contributed by atoms with Crippen LogP contribution >= 0.6 is 0 Å². The molecule has 1 aromatic carbocycles. The molecule has 0 aliphatic rings. The van der Waals surface area contributed by atoms with Gasteiger partial charge in [-0.15, -0.1) is 0 Å². The molecular weight excluding hydrogens is 330 g/mol. The Hall–Kier alpha value is -3.36. The number of nitrogens with zero attached hydrogens (tertiary/aromatic N) is 1. The summed E-state index contributed by atoms with van der Waals surface area (Å²) in [7, 11) is 1.57. The van der Waals surface area contributed by atoms with Gasteiger partial charge >= 0.3 is 5.97 Å². The van der Waals surface area contributed by atoms with Crippen molar-refractivity contribution in [3.8, 4) is 0 Å². The number of hydrogen-bond acceptors (Lipinski definition) is 7. The number of benzene rings is 1. The summed E-state index contributed by atoms with van der Waals surface area (Å²) in [5.41, 5.74) is 0.0883. The van der Waals surface area contributed by atoms with Crippen LogP contribution in [-0.2, 0) is 9.53 Å². The van der Waals surface area contributed by atoms with E-state index in [9.17, 15) is 19.7 Å². The molecule has 2 aromatic rings. The van der Waals surface area contributed by atoms with E-state index in [1.54, 1.807) is 26.1 Å². The molecular formula is C16H17N3O6. The molecule has 2 N–H and O–H groups in total. The predicted molar refractivity (Wildman–Crippen MR) is 88.2 cm³/mol. The Labute approximate surface area is 143 Å². The zero-order valence-corrected chi connectivity index (χ0v) is 13.6. The van der Waals surface area contributed by atoms with E-state index < -0.39 is 23.4 Å². The molecule has 1 atom stereocenters. The van der Waals surface area contributed by atoms with Crippen molar-refractivity contribution in [3.63, 3.8) is 0 Å². The molecule has 0 aliphatic heterocycles. The Kier molecular flexibility index (Phi) is 5.72. The van der Waals surface area contributed by atoms with E-state index in [1.165, 1.54) is 18.4 Å². The van der Waals surface area contributed by atoms with Crippen molar-refractivity contribution in [2.45, 2.75) is 13.0 Å². The molecule has 2 rings (SSSR count). The number of carbonyl (C=O) groups is 2. The van der Waals surface area contributed by atoms with Crippen molar-refractivity contribution in [1.82, 2.24) is 5.32 Å². The second kappa shape index (κ2) is 7.95. The van der Waals surface area contributed by atoms with Crippen LogP contribution in [0.1, 0.15) is 29.1 Å². The number of carbonyl (C=O) groups excluding carboxylic acids is 2. The van der Waals surface area contributed by atoms with Crippen LogP contribution in [0.2, 0.25) is 0 Å². The van der Waals surface area contributed by atoms with E-state index in [2.05, 4.69) is 10.6 Å². The lowest BCUT2D eigenvalue weighted by atomic mass is 10.1. The van der Waals surface area contributed by atoms with Crippen LogP contribution in [-0.4, -0.2) is 30.5 Å². The average Bonchev–Trinajstić information content (AvgIpc) is 3.13. The molecule has 0 radical (unpaired) electrons. The number of furan rings is 1. The minimum absolute atomic E-state index is 0.0245. The molecule has 25 heavy (non-hydrogen) atoms. The van der Waals surface area contributed by atoms with Crippen molar-refractivity contribution in [2.24, 2.45) is 0 Å². The average molecular weight is 347 g/mol. The molecule has 0 aliphatic carbocycles. The van der Waals surface area contributed by atoms with Crippen LogP contribution in [0.3, 0.4) is 0 Å². The number of hydrogen-bond donors (Lipinski definition) is 2. The zero-order chi connectivity index (χ0) is 18.4. The number of non-ortho nitro benzene ring substituents is 1. The molecule has 0 saturated carbocycles. The molecule has 1 amide bonds. The maximum atomic E-state index is 12.1. The van der Waals surface area contributed by atoms with E-state index in [0.717, 1.165) is 6.07 Å². The summed E-state index contributed by atoms with van der Waals surface area (Å²) in [4.78, 5) is 34.2. The predicted octanol–water partition coefficient (Wildman–Crippen LogP) is 2.26. The smallest absolute Gasteiger partial charge is 0.341 e. The standard InChI is InChI=1S/C16H17N3O6/c1-10(14-4-3-7-24-14)18-15(20)9-25-16(21)12-8-11(19(22)23)5-6-13(12)17-2/h3-8,10,17H,9H2,1-2H3,(H,18,20)/t10-/m0/s1. The maximum absolute atomic E-state index is 12.1. The van der Waals surface area contributed by atoms with Crippen LogP contribution in [0.5, 0.6) is 0 Å². The fourth-order valence-corrected chi connectivity index (χ4v) is 2.13. The van der Waals surface area contributed by atoms with Crippen molar-refractivity contribution in [2.75, 3.05) is 19.0 Å². The van der Waals surface area contributed by atoms with Gasteiger partial charge in [0.15, 0.2) is 6.61 Å². The first-order valence-corrected chi connectivity index (χ1v) is 7.38. The summed E-state index contributed by atoms with van der Waals surface area (Å²) in [5.74, 6) is -0.793. The number of anilines is 1. The van der Waals surface area contributed by atoms with Gasteiger partial charge in [-0.3, -0.25) is 14.9 Å². The lowest BCUT2D eigenvalue weighted by Gasteiger charge is -2.12. The SMILES string of the molecule is CNc1ccc([N+](=O)[O-])cc1C(=O)OCC(=O)N[C@@H](C)c1ccco1. The topological polar surface area (TPSA) is 124 Å². The van der Waals surface area contributed by atoms with Crippen LogP contribution in [0, 0.1) is 10.1 Å². The van der Waals surface area contributed by atoms with Crippen molar-refractivity contribution >= 4 is 23.3 Å². The summed E-state index contributed by atoms with van der Waals surface area (Å²) in [5, 5.41) is 16.2. The Bertz CT molecular complexity index is 772. The highest BCUT2D eigenvalue weighted by molar-refractivity contribution is 5.97. The van der Waals surface area contributed by atoms with Crippen LogP contribution in [0.4, 0.5) is 11.4 Å². The molecule has 0 fully saturated rings. The second-order valence-electron chi connectivity index (χ2n) is 5.12. The van der Waals surface area contributed by atoms with Crippen LogP contribution in [0.25, 0.3) is 0 Å². The Morgan fingerprint density at radius 3 is 2.72 bits per heavy atom. The molecule has 9 heteroatoms. The van der Waals surface area contributed by atoms with E-state index in [4.69, 9.17) is 9.15 Å². The minimum Gasteiger partial charge on any atom is -0.467 e. The number of nitro groups is 1. The summed E-state index contributed by atoms with van der Waals surface area (Å²) in [6, 6.07) is 6.77. The monoisotopic (exact) mass is 347 g/mol. The normalized spacial score (nSPS) is 11.4. The first-order valence-electron chi connectivity index (χ1n) is 7.38. The first-order chi connectivity index (χ1) is 11.9. The van der Waals surface area contributed by atoms with Gasteiger partial charge in [-0.25, -0.2) is 4.79 Å². The lowest BCUT2D eigenvalue weighted by molar-refractivity contribution is -0.384. The van der Waals surface area contributed by atoms with Crippen molar-refractivity contribution < 1.29 is 23.7 Å². The highest BCUT2D eigenvalue weighted by atomic mass is 16.6. The van der Waals surface area contributed by atoms with Crippen LogP contribution < -0.4 is 10.6 Å². The first kappa shape index (κ1) is 18.0. The summed E-state index contributed by atoms with van der Waals surface area (Å²) in [6.45, 7) is 1.20. The third kappa shape index (κ3) is 4.56. The van der Waals surface area contributed by atoms with E-state index >= 15 is 0 Å². The van der Waals surface area contributed by atoms with E-state index in [0.29, 0.717) is 11.4 Å². The lowest BCUT2D eigenvalue weighted by Crippen LogP contribution is -2.31. The van der Waals surface area contributed by atoms with Crippen LogP contribution in [0.15, 0.2) is 41.0 Å². The third-order valence-electron chi connectivity index (χ3n) is 3.39. The molecule has 1 heterocycles. The van der Waals surface area contributed by atoms with Gasteiger partial charge < -0.3 is 19.8 Å².